The van der Waals surface area contributed by atoms with Gasteiger partial charge in [-0.15, -0.1) is 0 Å². The van der Waals surface area contributed by atoms with E-state index in [2.05, 4.69) is 10.6 Å². The lowest BCUT2D eigenvalue weighted by Crippen LogP contribution is -2.15. The van der Waals surface area contributed by atoms with Gasteiger partial charge in [0.2, 0.25) is 5.91 Å². The molecule has 2 N–H and O–H groups in total. The Hall–Kier alpha value is -2.24. The summed E-state index contributed by atoms with van der Waals surface area (Å²) in [6.07, 6.45) is 0. The first kappa shape index (κ1) is 18.1. The summed E-state index contributed by atoms with van der Waals surface area (Å²) in [4.78, 5) is 23.8. The van der Waals surface area contributed by atoms with E-state index in [0.29, 0.717) is 22.1 Å². The smallest absolute Gasteiger partial charge is 0.259 e. The van der Waals surface area contributed by atoms with E-state index in [9.17, 15) is 9.59 Å². The molecule has 0 fully saturated rings. The molecule has 0 saturated heterocycles. The molecule has 0 aromatic heterocycles. The Kier molecular flexibility index (Phi) is 5.70. The highest BCUT2D eigenvalue weighted by Gasteiger charge is 2.17. The van der Waals surface area contributed by atoms with Crippen LogP contribution in [0.15, 0.2) is 30.3 Å². The summed E-state index contributed by atoms with van der Waals surface area (Å²) >= 11 is 12.1. The van der Waals surface area contributed by atoms with Gasteiger partial charge in [-0.25, -0.2) is 0 Å². The third kappa shape index (κ3) is 4.19. The van der Waals surface area contributed by atoms with Crippen LogP contribution >= 0.6 is 23.2 Å². The van der Waals surface area contributed by atoms with Crippen LogP contribution in [0.3, 0.4) is 0 Å². The molecular formula is C17H16Cl2N2O3. The standard InChI is InChI=1S/C17H16Cl2N2O3/c1-9-4-5-11(18)6-14(9)21-17(23)12-7-13(19)15(20-10(2)22)8-16(12)24-3/h4-8H,1-3H3,(H,20,22)(H,21,23). The Labute approximate surface area is 149 Å². The number of amides is 2. The first-order chi connectivity index (χ1) is 11.3. The lowest BCUT2D eigenvalue weighted by molar-refractivity contribution is -0.114. The molecule has 2 aromatic rings. The molecule has 5 nitrogen and oxygen atoms in total. The van der Waals surface area contributed by atoms with Crippen molar-refractivity contribution in [3.05, 3.63) is 51.5 Å². The van der Waals surface area contributed by atoms with Crippen LogP contribution in [0.25, 0.3) is 0 Å². The van der Waals surface area contributed by atoms with Crippen molar-refractivity contribution in [2.24, 2.45) is 0 Å². The molecule has 0 atom stereocenters. The summed E-state index contributed by atoms with van der Waals surface area (Å²) < 4.78 is 5.24. The number of carbonyl (C=O) groups excluding carboxylic acids is 2. The summed E-state index contributed by atoms with van der Waals surface area (Å²) in [6, 6.07) is 8.16. The van der Waals surface area contributed by atoms with Gasteiger partial charge < -0.3 is 15.4 Å². The predicted octanol–water partition coefficient (Wildman–Crippen LogP) is 4.52. The van der Waals surface area contributed by atoms with Crippen molar-refractivity contribution in [1.82, 2.24) is 0 Å². The summed E-state index contributed by atoms with van der Waals surface area (Å²) in [5.74, 6) is -0.375. The van der Waals surface area contributed by atoms with Crippen molar-refractivity contribution in [3.8, 4) is 5.75 Å². The molecule has 126 valence electrons. The number of ether oxygens (including phenoxy) is 1. The van der Waals surface area contributed by atoms with Crippen molar-refractivity contribution >= 4 is 46.4 Å². The zero-order chi connectivity index (χ0) is 17.9. The van der Waals surface area contributed by atoms with Crippen LogP contribution in [-0.4, -0.2) is 18.9 Å². The first-order valence-electron chi connectivity index (χ1n) is 7.04. The molecular weight excluding hydrogens is 351 g/mol. The lowest BCUT2D eigenvalue weighted by atomic mass is 10.1. The predicted molar refractivity (Wildman–Crippen MR) is 96.4 cm³/mol. The number of benzene rings is 2. The van der Waals surface area contributed by atoms with Gasteiger partial charge in [-0.1, -0.05) is 29.3 Å². The van der Waals surface area contributed by atoms with E-state index in [1.54, 1.807) is 12.1 Å². The van der Waals surface area contributed by atoms with E-state index in [0.717, 1.165) is 5.56 Å². The SMILES string of the molecule is COc1cc(NC(C)=O)c(Cl)cc1C(=O)Nc1cc(Cl)ccc1C. The van der Waals surface area contributed by atoms with Gasteiger partial charge in [0, 0.05) is 23.7 Å². The number of hydrogen-bond acceptors (Lipinski definition) is 3. The highest BCUT2D eigenvalue weighted by Crippen LogP contribution is 2.32. The van der Waals surface area contributed by atoms with Gasteiger partial charge in [0.25, 0.3) is 5.91 Å². The van der Waals surface area contributed by atoms with Crippen molar-refractivity contribution in [2.45, 2.75) is 13.8 Å². The quantitative estimate of drug-likeness (QED) is 0.835. The van der Waals surface area contributed by atoms with Crippen molar-refractivity contribution in [3.63, 3.8) is 0 Å². The van der Waals surface area contributed by atoms with Crippen LogP contribution in [0.5, 0.6) is 5.75 Å². The molecule has 7 heteroatoms. The fraction of sp³-hybridized carbons (Fsp3) is 0.176. The Morgan fingerprint density at radius 1 is 1.04 bits per heavy atom. The van der Waals surface area contributed by atoms with E-state index in [4.69, 9.17) is 27.9 Å². The van der Waals surface area contributed by atoms with Crippen LogP contribution in [0.2, 0.25) is 10.0 Å². The van der Waals surface area contributed by atoms with Gasteiger partial charge in [-0.05, 0) is 30.7 Å². The number of anilines is 2. The maximum Gasteiger partial charge on any atom is 0.259 e. The number of nitrogens with one attached hydrogen (secondary N) is 2. The number of rotatable bonds is 4. The van der Waals surface area contributed by atoms with E-state index in [1.165, 1.54) is 26.2 Å². The average Bonchev–Trinajstić information content (AvgIpc) is 2.52. The molecule has 0 spiro atoms. The number of carbonyl (C=O) groups is 2. The number of methoxy groups -OCH3 is 1. The summed E-state index contributed by atoms with van der Waals surface area (Å²) in [6.45, 7) is 3.22. The Morgan fingerprint density at radius 3 is 2.38 bits per heavy atom. The van der Waals surface area contributed by atoms with Gasteiger partial charge in [-0.3, -0.25) is 9.59 Å². The van der Waals surface area contributed by atoms with Crippen LogP contribution in [0, 0.1) is 6.92 Å². The molecule has 0 saturated carbocycles. The Bertz CT molecular complexity index is 807. The maximum atomic E-state index is 12.6. The fourth-order valence-electron chi connectivity index (χ4n) is 2.10. The zero-order valence-electron chi connectivity index (χ0n) is 13.4. The molecule has 0 unspecified atom stereocenters. The van der Waals surface area contributed by atoms with Gasteiger partial charge in [-0.2, -0.15) is 0 Å². The minimum absolute atomic E-state index is 0.235. The third-order valence-corrected chi connectivity index (χ3v) is 3.84. The van der Waals surface area contributed by atoms with E-state index in [-0.39, 0.29) is 16.5 Å². The van der Waals surface area contributed by atoms with E-state index < -0.39 is 5.91 Å². The third-order valence-electron chi connectivity index (χ3n) is 3.29. The van der Waals surface area contributed by atoms with E-state index in [1.807, 2.05) is 13.0 Å². The van der Waals surface area contributed by atoms with Gasteiger partial charge in [0.1, 0.15) is 5.75 Å². The summed E-state index contributed by atoms with van der Waals surface area (Å²) in [5.41, 5.74) is 2.08. The molecule has 2 aromatic carbocycles. The van der Waals surface area contributed by atoms with Gasteiger partial charge >= 0.3 is 0 Å². The van der Waals surface area contributed by atoms with Crippen LogP contribution in [-0.2, 0) is 4.79 Å². The number of aryl methyl sites for hydroxylation is 1. The highest BCUT2D eigenvalue weighted by atomic mass is 35.5. The number of hydrogen-bond donors (Lipinski definition) is 2. The fourth-order valence-corrected chi connectivity index (χ4v) is 2.49. The lowest BCUT2D eigenvalue weighted by Gasteiger charge is -2.14. The largest absolute Gasteiger partial charge is 0.496 e. The molecule has 0 aliphatic rings. The van der Waals surface area contributed by atoms with Crippen LogP contribution in [0.4, 0.5) is 11.4 Å². The molecule has 0 aliphatic carbocycles. The minimum atomic E-state index is -0.395. The monoisotopic (exact) mass is 366 g/mol. The molecule has 2 rings (SSSR count). The van der Waals surface area contributed by atoms with Gasteiger partial charge in [0.15, 0.2) is 0 Å². The molecule has 2 amide bonds. The van der Waals surface area contributed by atoms with Crippen molar-refractivity contribution < 1.29 is 14.3 Å². The molecule has 0 bridgehead atoms. The second-order valence-electron chi connectivity index (χ2n) is 5.13. The van der Waals surface area contributed by atoms with Crippen molar-refractivity contribution in [1.29, 1.82) is 0 Å². The van der Waals surface area contributed by atoms with Crippen LogP contribution in [0.1, 0.15) is 22.8 Å². The molecule has 0 aliphatic heterocycles. The zero-order valence-corrected chi connectivity index (χ0v) is 14.9. The average molecular weight is 367 g/mol. The maximum absolute atomic E-state index is 12.6. The topological polar surface area (TPSA) is 67.4 Å². The highest BCUT2D eigenvalue weighted by molar-refractivity contribution is 6.34. The molecule has 24 heavy (non-hydrogen) atoms. The second kappa shape index (κ2) is 7.55. The first-order valence-corrected chi connectivity index (χ1v) is 7.80. The summed E-state index contributed by atoms with van der Waals surface area (Å²) in [7, 11) is 1.43. The number of halogens is 2. The van der Waals surface area contributed by atoms with Gasteiger partial charge in [0.05, 0.1) is 23.4 Å². The normalized spacial score (nSPS) is 10.2. The van der Waals surface area contributed by atoms with E-state index >= 15 is 0 Å². The van der Waals surface area contributed by atoms with Crippen LogP contribution < -0.4 is 15.4 Å². The Morgan fingerprint density at radius 2 is 1.75 bits per heavy atom. The second-order valence-corrected chi connectivity index (χ2v) is 5.97. The summed E-state index contributed by atoms with van der Waals surface area (Å²) in [5, 5.41) is 6.11. The Balaban J connectivity index is 2.36. The molecule has 0 radical (unpaired) electrons. The minimum Gasteiger partial charge on any atom is -0.496 e. The van der Waals surface area contributed by atoms with Crippen molar-refractivity contribution in [2.75, 3.05) is 17.7 Å². The molecule has 0 heterocycles.